The number of amidine groups is 1. The Morgan fingerprint density at radius 2 is 2.00 bits per heavy atom. The van der Waals surface area contributed by atoms with E-state index in [4.69, 9.17) is 0 Å². The van der Waals surface area contributed by atoms with E-state index in [2.05, 4.69) is 34.6 Å². The monoisotopic (exact) mass is 383 g/mol. The molecule has 4 rings (SSSR count). The van der Waals surface area contributed by atoms with Gasteiger partial charge in [0.25, 0.3) is 5.91 Å². The number of nitrogens with one attached hydrogen (secondary N) is 2. The predicted molar refractivity (Wildman–Crippen MR) is 109 cm³/mol. The van der Waals surface area contributed by atoms with Gasteiger partial charge >= 0.3 is 0 Å². The standard InChI is InChI=1S/C21H29N5O2/c1-3-14-8-7-9-15(12-14)22-19(27)13-25-16-10-5-6-11-17(16)26-18(4-2)23-24-20(26)21(25)28/h7-9,12,16-17,20,24H,3-6,10-11,13H2,1-2H3,(H,22,27). The number of aryl methyl sites for hydroxylation is 1. The van der Waals surface area contributed by atoms with Gasteiger partial charge in [0.1, 0.15) is 12.4 Å². The van der Waals surface area contributed by atoms with Gasteiger partial charge in [-0.15, -0.1) is 0 Å². The molecule has 2 fully saturated rings. The number of piperazine rings is 1. The van der Waals surface area contributed by atoms with Gasteiger partial charge < -0.3 is 15.1 Å². The van der Waals surface area contributed by atoms with Gasteiger partial charge in [0.2, 0.25) is 5.91 Å². The average Bonchev–Trinajstić information content (AvgIpc) is 3.16. The zero-order valence-electron chi connectivity index (χ0n) is 16.6. The number of fused-ring (bicyclic) bond motifs is 3. The number of nitrogens with zero attached hydrogens (tertiary/aromatic N) is 3. The summed E-state index contributed by atoms with van der Waals surface area (Å²) in [6.07, 6.45) is 5.47. The summed E-state index contributed by atoms with van der Waals surface area (Å²) in [6.45, 7) is 4.24. The Kier molecular flexibility index (Phi) is 5.24. The second-order valence-corrected chi connectivity index (χ2v) is 7.81. The van der Waals surface area contributed by atoms with Crippen LogP contribution >= 0.6 is 0 Å². The van der Waals surface area contributed by atoms with E-state index in [0.29, 0.717) is 0 Å². The van der Waals surface area contributed by atoms with Crippen LogP contribution in [0.25, 0.3) is 0 Å². The third-order valence-electron chi connectivity index (χ3n) is 6.11. The second-order valence-electron chi connectivity index (χ2n) is 7.81. The van der Waals surface area contributed by atoms with Crippen molar-refractivity contribution in [3.63, 3.8) is 0 Å². The number of hydrogen-bond donors (Lipinski definition) is 2. The maximum absolute atomic E-state index is 13.2. The number of hydrazone groups is 1. The van der Waals surface area contributed by atoms with Crippen LogP contribution in [0.15, 0.2) is 29.4 Å². The highest BCUT2D eigenvalue weighted by Crippen LogP contribution is 2.35. The summed E-state index contributed by atoms with van der Waals surface area (Å²) in [5, 5.41) is 7.35. The first-order valence-electron chi connectivity index (χ1n) is 10.4. The molecular weight excluding hydrogens is 354 g/mol. The number of carbonyl (C=O) groups excluding carboxylic acids is 2. The lowest BCUT2D eigenvalue weighted by molar-refractivity contribution is -0.151. The number of anilines is 1. The molecule has 3 atom stereocenters. The first-order chi connectivity index (χ1) is 13.6. The van der Waals surface area contributed by atoms with Gasteiger partial charge in [-0.2, -0.15) is 5.10 Å². The molecule has 0 spiro atoms. The molecule has 1 saturated heterocycles. The molecule has 3 aliphatic rings. The van der Waals surface area contributed by atoms with Crippen molar-refractivity contribution in [1.82, 2.24) is 15.2 Å². The Morgan fingerprint density at radius 1 is 1.21 bits per heavy atom. The van der Waals surface area contributed by atoms with E-state index in [1.54, 1.807) is 4.90 Å². The summed E-state index contributed by atoms with van der Waals surface area (Å²) in [5.74, 6) is 0.762. The van der Waals surface area contributed by atoms with E-state index >= 15 is 0 Å². The van der Waals surface area contributed by atoms with E-state index in [0.717, 1.165) is 50.0 Å². The lowest BCUT2D eigenvalue weighted by atomic mass is 9.85. The third-order valence-corrected chi connectivity index (χ3v) is 6.11. The van der Waals surface area contributed by atoms with Gasteiger partial charge in [0, 0.05) is 12.1 Å². The lowest BCUT2D eigenvalue weighted by Crippen LogP contribution is -2.69. The Hall–Kier alpha value is -2.57. The molecule has 7 nitrogen and oxygen atoms in total. The van der Waals surface area contributed by atoms with Crippen molar-refractivity contribution in [1.29, 1.82) is 0 Å². The molecule has 28 heavy (non-hydrogen) atoms. The summed E-state index contributed by atoms with van der Waals surface area (Å²) < 4.78 is 0. The molecule has 1 aromatic carbocycles. The minimum Gasteiger partial charge on any atom is -0.325 e. The van der Waals surface area contributed by atoms with Gasteiger partial charge in [0.15, 0.2) is 6.17 Å². The van der Waals surface area contributed by atoms with Crippen LogP contribution in [-0.4, -0.2) is 52.2 Å². The van der Waals surface area contributed by atoms with Crippen LogP contribution in [0.2, 0.25) is 0 Å². The Balaban J connectivity index is 1.50. The van der Waals surface area contributed by atoms with Gasteiger partial charge in [-0.1, -0.05) is 38.8 Å². The van der Waals surface area contributed by atoms with Crippen molar-refractivity contribution in [3.05, 3.63) is 29.8 Å². The predicted octanol–water partition coefficient (Wildman–Crippen LogP) is 2.30. The molecule has 1 aromatic rings. The number of rotatable bonds is 5. The van der Waals surface area contributed by atoms with Crippen molar-refractivity contribution in [2.45, 2.75) is 70.6 Å². The molecule has 0 radical (unpaired) electrons. The molecule has 2 N–H and O–H groups in total. The average molecular weight is 383 g/mol. The summed E-state index contributed by atoms with van der Waals surface area (Å²) in [7, 11) is 0. The van der Waals surface area contributed by atoms with Crippen LogP contribution in [-0.2, 0) is 16.0 Å². The highest BCUT2D eigenvalue weighted by Gasteiger charge is 2.50. The molecule has 0 bridgehead atoms. The van der Waals surface area contributed by atoms with E-state index in [-0.39, 0.29) is 30.4 Å². The molecule has 7 heteroatoms. The first kappa shape index (κ1) is 18.8. The summed E-state index contributed by atoms with van der Waals surface area (Å²) >= 11 is 0. The summed E-state index contributed by atoms with van der Waals surface area (Å²) in [5.41, 5.74) is 4.96. The molecule has 0 aromatic heterocycles. The SMILES string of the molecule is CCC1=NNC2C(=O)N(CC(=O)Nc3cccc(CC)c3)C3CCCCC3N12. The highest BCUT2D eigenvalue weighted by molar-refractivity contribution is 5.98. The number of amides is 2. The van der Waals surface area contributed by atoms with Crippen molar-refractivity contribution < 1.29 is 9.59 Å². The van der Waals surface area contributed by atoms with Crippen LogP contribution in [0.1, 0.15) is 51.5 Å². The van der Waals surface area contributed by atoms with E-state index < -0.39 is 6.17 Å². The minimum atomic E-state index is -0.467. The molecule has 2 aliphatic heterocycles. The fourth-order valence-corrected chi connectivity index (χ4v) is 4.74. The topological polar surface area (TPSA) is 77.0 Å². The van der Waals surface area contributed by atoms with Gasteiger partial charge in [-0.3, -0.25) is 15.0 Å². The van der Waals surface area contributed by atoms with Gasteiger partial charge in [-0.25, -0.2) is 0 Å². The molecule has 3 unspecified atom stereocenters. The van der Waals surface area contributed by atoms with Crippen LogP contribution in [0, 0.1) is 0 Å². The Labute approximate surface area is 166 Å². The summed E-state index contributed by atoms with van der Waals surface area (Å²) in [6, 6.07) is 8.17. The van der Waals surface area contributed by atoms with E-state index in [9.17, 15) is 9.59 Å². The number of hydrogen-bond acceptors (Lipinski definition) is 5. The zero-order chi connectivity index (χ0) is 19.7. The van der Waals surface area contributed by atoms with Crippen molar-refractivity contribution in [3.8, 4) is 0 Å². The van der Waals surface area contributed by atoms with Crippen molar-refractivity contribution in [2.24, 2.45) is 5.10 Å². The third kappa shape index (κ3) is 3.34. The maximum Gasteiger partial charge on any atom is 0.268 e. The molecule has 1 aliphatic carbocycles. The fourth-order valence-electron chi connectivity index (χ4n) is 4.74. The van der Waals surface area contributed by atoms with Gasteiger partial charge in [-0.05, 0) is 37.0 Å². The molecule has 1 saturated carbocycles. The van der Waals surface area contributed by atoms with Crippen molar-refractivity contribution >= 4 is 23.3 Å². The van der Waals surface area contributed by atoms with Crippen LogP contribution in [0.4, 0.5) is 5.69 Å². The second kappa shape index (κ2) is 7.81. The zero-order valence-corrected chi connectivity index (χ0v) is 16.6. The highest BCUT2D eigenvalue weighted by atomic mass is 16.2. The normalized spacial score (nSPS) is 26.3. The summed E-state index contributed by atoms with van der Waals surface area (Å²) in [4.78, 5) is 29.9. The Morgan fingerprint density at radius 3 is 2.75 bits per heavy atom. The van der Waals surface area contributed by atoms with Crippen LogP contribution in [0.5, 0.6) is 0 Å². The number of carbonyl (C=O) groups is 2. The number of benzene rings is 1. The largest absolute Gasteiger partial charge is 0.325 e. The Bertz CT molecular complexity index is 793. The smallest absolute Gasteiger partial charge is 0.268 e. The molecule has 150 valence electrons. The van der Waals surface area contributed by atoms with E-state index in [1.807, 2.05) is 24.3 Å². The van der Waals surface area contributed by atoms with Crippen LogP contribution in [0.3, 0.4) is 0 Å². The fraction of sp³-hybridized carbons (Fsp3) is 0.571. The molecule has 2 amide bonds. The first-order valence-corrected chi connectivity index (χ1v) is 10.4. The minimum absolute atomic E-state index is 0.0483. The van der Waals surface area contributed by atoms with Crippen LogP contribution < -0.4 is 10.7 Å². The van der Waals surface area contributed by atoms with Gasteiger partial charge in [0.05, 0.1) is 12.1 Å². The van der Waals surface area contributed by atoms with E-state index in [1.165, 1.54) is 5.56 Å². The quantitative estimate of drug-likeness (QED) is 0.818. The maximum atomic E-state index is 13.2. The van der Waals surface area contributed by atoms with Crippen molar-refractivity contribution in [2.75, 3.05) is 11.9 Å². The lowest BCUT2D eigenvalue weighted by Gasteiger charge is -2.51. The molecular formula is C21H29N5O2. The molecule has 2 heterocycles.